The molecule has 1 atom stereocenters. The van der Waals surface area contributed by atoms with E-state index in [-0.39, 0.29) is 0 Å². The molecule has 6 nitrogen and oxygen atoms in total. The Kier molecular flexibility index (Phi) is 2.99. The highest BCUT2D eigenvalue weighted by atomic mass is 32.1. The van der Waals surface area contributed by atoms with Crippen LogP contribution in [-0.4, -0.2) is 39.9 Å². The van der Waals surface area contributed by atoms with Crippen LogP contribution in [0.25, 0.3) is 10.2 Å². The van der Waals surface area contributed by atoms with Gasteiger partial charge in [-0.3, -0.25) is 0 Å². The number of aromatic nitrogens is 4. The largest absolute Gasteiger partial charge is 0.481 e. The molecule has 21 heavy (non-hydrogen) atoms. The van der Waals surface area contributed by atoms with Crippen molar-refractivity contribution in [3.63, 3.8) is 0 Å². The van der Waals surface area contributed by atoms with E-state index in [1.165, 1.54) is 10.4 Å². The second-order valence-corrected chi connectivity index (χ2v) is 6.00. The van der Waals surface area contributed by atoms with Gasteiger partial charge < -0.3 is 9.64 Å². The smallest absolute Gasteiger partial charge is 0.215 e. The molecule has 0 N–H and O–H groups in total. The molecule has 1 unspecified atom stereocenters. The summed E-state index contributed by atoms with van der Waals surface area (Å²) < 4.78 is 8.50. The fourth-order valence-electron chi connectivity index (χ4n) is 2.84. The van der Waals surface area contributed by atoms with E-state index in [2.05, 4.69) is 25.3 Å². The van der Waals surface area contributed by atoms with Crippen LogP contribution in [0.3, 0.4) is 0 Å². The van der Waals surface area contributed by atoms with Crippen LogP contribution in [0.1, 0.15) is 12.5 Å². The summed E-state index contributed by atoms with van der Waals surface area (Å²) in [7, 11) is 1.66. The zero-order chi connectivity index (χ0) is 14.2. The first kappa shape index (κ1) is 12.6. The molecule has 1 fully saturated rings. The van der Waals surface area contributed by atoms with E-state index in [0.29, 0.717) is 11.9 Å². The molecular weight excluding hydrogens is 286 g/mol. The fourth-order valence-corrected chi connectivity index (χ4v) is 3.71. The Morgan fingerprint density at radius 1 is 1.43 bits per heavy atom. The highest BCUT2D eigenvalue weighted by molar-refractivity contribution is 7.17. The molecule has 108 valence electrons. The third-order valence-corrected chi connectivity index (χ3v) is 4.82. The topological polar surface area (TPSA) is 56.1 Å². The Balaban J connectivity index is 1.69. The van der Waals surface area contributed by atoms with E-state index in [0.717, 1.165) is 25.0 Å². The average Bonchev–Trinajstić information content (AvgIpc) is 3.24. The van der Waals surface area contributed by atoms with Crippen molar-refractivity contribution in [3.8, 4) is 5.88 Å². The normalized spacial score (nSPS) is 18.5. The van der Waals surface area contributed by atoms with Gasteiger partial charge in [0.25, 0.3) is 0 Å². The number of rotatable bonds is 3. The molecule has 4 heterocycles. The Bertz CT molecular complexity index is 754. The van der Waals surface area contributed by atoms with Crippen LogP contribution >= 0.6 is 11.3 Å². The molecule has 1 aliphatic heterocycles. The first-order valence-corrected chi connectivity index (χ1v) is 7.74. The number of fused-ring (bicyclic) bond motifs is 1. The summed E-state index contributed by atoms with van der Waals surface area (Å²) in [6.07, 6.45) is 4.46. The van der Waals surface area contributed by atoms with Crippen LogP contribution < -0.4 is 9.64 Å². The molecule has 1 aliphatic rings. The SMILES string of the molecule is COc1cc(N2CCC(n3cncn3)C2)c2sccc2n1. The van der Waals surface area contributed by atoms with Crippen molar-refractivity contribution < 1.29 is 4.74 Å². The van der Waals surface area contributed by atoms with Crippen molar-refractivity contribution in [2.24, 2.45) is 0 Å². The molecule has 0 spiro atoms. The predicted molar refractivity (Wildman–Crippen MR) is 82.1 cm³/mol. The van der Waals surface area contributed by atoms with Gasteiger partial charge in [-0.25, -0.2) is 14.6 Å². The maximum Gasteiger partial charge on any atom is 0.215 e. The molecule has 0 aliphatic carbocycles. The van der Waals surface area contributed by atoms with Gasteiger partial charge in [0.15, 0.2) is 0 Å². The summed E-state index contributed by atoms with van der Waals surface area (Å²) in [6, 6.07) is 4.45. The summed E-state index contributed by atoms with van der Waals surface area (Å²) in [5.74, 6) is 0.667. The van der Waals surface area contributed by atoms with Crippen molar-refractivity contribution in [1.82, 2.24) is 19.7 Å². The number of anilines is 1. The number of hydrogen-bond donors (Lipinski definition) is 0. The number of methoxy groups -OCH3 is 1. The molecule has 4 rings (SSSR count). The van der Waals surface area contributed by atoms with Crippen LogP contribution in [0.15, 0.2) is 30.2 Å². The summed E-state index contributed by atoms with van der Waals surface area (Å²) >= 11 is 1.72. The van der Waals surface area contributed by atoms with E-state index in [4.69, 9.17) is 4.74 Å². The summed E-state index contributed by atoms with van der Waals surface area (Å²) in [4.78, 5) is 10.9. The third-order valence-electron chi connectivity index (χ3n) is 3.89. The second-order valence-electron chi connectivity index (χ2n) is 5.08. The van der Waals surface area contributed by atoms with Gasteiger partial charge in [-0.1, -0.05) is 0 Å². The van der Waals surface area contributed by atoms with Crippen LogP contribution in [0.4, 0.5) is 5.69 Å². The average molecular weight is 301 g/mol. The summed E-state index contributed by atoms with van der Waals surface area (Å²) in [5, 5.41) is 6.33. The number of ether oxygens (including phenoxy) is 1. The van der Waals surface area contributed by atoms with Crippen LogP contribution in [-0.2, 0) is 0 Å². The van der Waals surface area contributed by atoms with E-state index in [9.17, 15) is 0 Å². The van der Waals surface area contributed by atoms with Gasteiger partial charge in [-0.2, -0.15) is 5.10 Å². The lowest BCUT2D eigenvalue weighted by atomic mass is 10.3. The van der Waals surface area contributed by atoms with Crippen LogP contribution in [0.2, 0.25) is 0 Å². The van der Waals surface area contributed by atoms with E-state index in [1.54, 1.807) is 31.1 Å². The van der Waals surface area contributed by atoms with Crippen LogP contribution in [0.5, 0.6) is 5.88 Å². The molecule has 0 saturated carbocycles. The van der Waals surface area contributed by atoms with Gasteiger partial charge in [0.1, 0.15) is 12.7 Å². The number of nitrogens with zero attached hydrogens (tertiary/aromatic N) is 5. The zero-order valence-corrected chi connectivity index (χ0v) is 12.5. The second kappa shape index (κ2) is 5.00. The van der Waals surface area contributed by atoms with Crippen molar-refractivity contribution in [2.75, 3.05) is 25.1 Å². The molecular formula is C14H15N5OS. The van der Waals surface area contributed by atoms with Crippen molar-refractivity contribution in [2.45, 2.75) is 12.5 Å². The first-order chi connectivity index (χ1) is 10.3. The van der Waals surface area contributed by atoms with Crippen molar-refractivity contribution in [1.29, 1.82) is 0 Å². The quantitative estimate of drug-likeness (QED) is 0.743. The van der Waals surface area contributed by atoms with Gasteiger partial charge in [0, 0.05) is 19.2 Å². The Hall–Kier alpha value is -2.15. The van der Waals surface area contributed by atoms with Crippen LogP contribution in [0, 0.1) is 0 Å². The predicted octanol–water partition coefficient (Wildman–Crippen LogP) is 2.35. The minimum atomic E-state index is 0.377. The molecule has 0 aromatic carbocycles. The van der Waals surface area contributed by atoms with Gasteiger partial charge in [0.2, 0.25) is 5.88 Å². The number of thiophene rings is 1. The molecule has 3 aromatic heterocycles. The Labute approximate surface area is 126 Å². The maximum atomic E-state index is 5.33. The lowest BCUT2D eigenvalue weighted by Crippen LogP contribution is -2.21. The standard InChI is InChI=1S/C14H15N5OS/c1-20-13-6-12(14-11(17-13)3-5-21-14)18-4-2-10(7-18)19-9-15-8-16-19/h3,5-6,8-10H,2,4,7H2,1H3. The highest BCUT2D eigenvalue weighted by Gasteiger charge is 2.26. The molecule has 0 radical (unpaired) electrons. The fraction of sp³-hybridized carbons (Fsp3) is 0.357. The number of pyridine rings is 1. The molecule has 0 bridgehead atoms. The summed E-state index contributed by atoms with van der Waals surface area (Å²) in [6.45, 7) is 1.94. The molecule has 3 aromatic rings. The molecule has 7 heteroatoms. The lowest BCUT2D eigenvalue weighted by molar-refractivity contribution is 0.399. The van der Waals surface area contributed by atoms with E-state index < -0.39 is 0 Å². The highest BCUT2D eigenvalue weighted by Crippen LogP contribution is 2.36. The molecule has 0 amide bonds. The van der Waals surface area contributed by atoms with Gasteiger partial charge in [-0.15, -0.1) is 11.3 Å². The first-order valence-electron chi connectivity index (χ1n) is 6.86. The van der Waals surface area contributed by atoms with Gasteiger partial charge >= 0.3 is 0 Å². The number of hydrogen-bond acceptors (Lipinski definition) is 6. The Morgan fingerprint density at radius 2 is 2.38 bits per heavy atom. The van der Waals surface area contributed by atoms with Crippen molar-refractivity contribution >= 4 is 27.2 Å². The lowest BCUT2D eigenvalue weighted by Gasteiger charge is -2.20. The summed E-state index contributed by atoms with van der Waals surface area (Å²) in [5.41, 5.74) is 2.20. The van der Waals surface area contributed by atoms with Gasteiger partial charge in [0.05, 0.1) is 29.1 Å². The third kappa shape index (κ3) is 2.13. The maximum absolute atomic E-state index is 5.33. The monoisotopic (exact) mass is 301 g/mol. The molecule has 1 saturated heterocycles. The minimum absolute atomic E-state index is 0.377. The van der Waals surface area contributed by atoms with E-state index >= 15 is 0 Å². The van der Waals surface area contributed by atoms with E-state index in [1.807, 2.05) is 16.8 Å². The minimum Gasteiger partial charge on any atom is -0.481 e. The zero-order valence-electron chi connectivity index (χ0n) is 11.6. The van der Waals surface area contributed by atoms with Gasteiger partial charge in [-0.05, 0) is 17.9 Å². The van der Waals surface area contributed by atoms with Crippen molar-refractivity contribution in [3.05, 3.63) is 30.2 Å². The Morgan fingerprint density at radius 3 is 3.19 bits per heavy atom.